The van der Waals surface area contributed by atoms with E-state index in [4.69, 9.17) is 9.84 Å². The van der Waals surface area contributed by atoms with E-state index in [0.717, 1.165) is 48.8 Å². The number of ether oxygens (including phenoxy) is 1. The van der Waals surface area contributed by atoms with Gasteiger partial charge in [0.1, 0.15) is 18.7 Å². The average Bonchev–Trinajstić information content (AvgIpc) is 3.40. The van der Waals surface area contributed by atoms with Crippen LogP contribution in [0.4, 0.5) is 11.5 Å². The largest absolute Gasteiger partial charge is 0.491 e. The Balaban J connectivity index is 1.46. The van der Waals surface area contributed by atoms with Crippen molar-refractivity contribution < 1.29 is 9.84 Å². The zero-order valence-corrected chi connectivity index (χ0v) is 16.2. The molecule has 7 heteroatoms. The molecule has 0 aliphatic carbocycles. The van der Waals surface area contributed by atoms with E-state index in [9.17, 15) is 0 Å². The molecule has 29 heavy (non-hydrogen) atoms. The van der Waals surface area contributed by atoms with Crippen LogP contribution in [0.25, 0.3) is 31.6 Å². The monoisotopic (exact) mass is 402 g/mol. The zero-order chi connectivity index (χ0) is 19.6. The quantitative estimate of drug-likeness (QED) is 0.374. The van der Waals surface area contributed by atoms with Crippen molar-refractivity contribution in [3.05, 3.63) is 67.1 Å². The minimum Gasteiger partial charge on any atom is -0.491 e. The molecule has 0 bridgehead atoms. The van der Waals surface area contributed by atoms with Crippen LogP contribution in [-0.4, -0.2) is 33.3 Å². The molecule has 5 aromatic rings. The average molecular weight is 402 g/mol. The summed E-state index contributed by atoms with van der Waals surface area (Å²) in [4.78, 5) is 13.2. The highest BCUT2D eigenvalue weighted by Gasteiger charge is 2.11. The van der Waals surface area contributed by atoms with Crippen LogP contribution in [0, 0.1) is 0 Å². The van der Waals surface area contributed by atoms with Crippen molar-refractivity contribution >= 4 is 44.0 Å². The molecule has 5 rings (SSSR count). The van der Waals surface area contributed by atoms with Crippen molar-refractivity contribution in [2.45, 2.75) is 0 Å². The number of aliphatic hydroxyl groups excluding tert-OH is 1. The molecule has 0 fully saturated rings. The Bertz CT molecular complexity index is 1280. The Morgan fingerprint density at radius 1 is 1.03 bits per heavy atom. The highest BCUT2D eigenvalue weighted by molar-refractivity contribution is 7.22. The summed E-state index contributed by atoms with van der Waals surface area (Å²) in [6.45, 7) is 0.297. The number of rotatable bonds is 6. The third-order valence-electron chi connectivity index (χ3n) is 4.63. The SMILES string of the molecule is OCCOc1ccc(-c2cc3ncnc(Nc4ccc5[nH]ccc5c4)c3s2)cc1. The van der Waals surface area contributed by atoms with Gasteiger partial charge in [0, 0.05) is 27.7 Å². The fraction of sp³-hybridized carbons (Fsp3) is 0.0909. The first-order chi connectivity index (χ1) is 14.3. The van der Waals surface area contributed by atoms with Gasteiger partial charge in [0.15, 0.2) is 5.82 Å². The maximum atomic E-state index is 8.87. The van der Waals surface area contributed by atoms with Crippen molar-refractivity contribution in [2.75, 3.05) is 18.5 Å². The van der Waals surface area contributed by atoms with E-state index in [2.05, 4.69) is 38.5 Å². The summed E-state index contributed by atoms with van der Waals surface area (Å²) in [5.41, 5.74) is 4.08. The fourth-order valence-electron chi connectivity index (χ4n) is 3.23. The number of nitrogens with zero attached hydrogens (tertiary/aromatic N) is 2. The number of hydrogen-bond acceptors (Lipinski definition) is 6. The molecular weight excluding hydrogens is 384 g/mol. The van der Waals surface area contributed by atoms with Crippen LogP contribution in [0.5, 0.6) is 5.75 Å². The lowest BCUT2D eigenvalue weighted by Crippen LogP contribution is -2.01. The van der Waals surface area contributed by atoms with Crippen LogP contribution >= 0.6 is 11.3 Å². The summed E-state index contributed by atoms with van der Waals surface area (Å²) < 4.78 is 6.45. The van der Waals surface area contributed by atoms with Gasteiger partial charge in [0.05, 0.1) is 16.8 Å². The lowest BCUT2D eigenvalue weighted by molar-refractivity contribution is 0.201. The number of nitrogens with one attached hydrogen (secondary N) is 2. The van der Waals surface area contributed by atoms with Gasteiger partial charge in [0.25, 0.3) is 0 Å². The molecular formula is C22H18N4O2S. The second-order valence-electron chi connectivity index (χ2n) is 6.55. The van der Waals surface area contributed by atoms with Gasteiger partial charge in [-0.25, -0.2) is 9.97 Å². The molecule has 3 aromatic heterocycles. The number of aliphatic hydroxyl groups is 1. The summed E-state index contributed by atoms with van der Waals surface area (Å²) in [6.07, 6.45) is 3.52. The lowest BCUT2D eigenvalue weighted by atomic mass is 10.2. The van der Waals surface area contributed by atoms with Crippen LogP contribution in [0.3, 0.4) is 0 Å². The van der Waals surface area contributed by atoms with Gasteiger partial charge < -0.3 is 20.1 Å². The van der Waals surface area contributed by atoms with Gasteiger partial charge >= 0.3 is 0 Å². The molecule has 0 atom stereocenters. The number of benzene rings is 2. The molecule has 3 N–H and O–H groups in total. The Kier molecular flexibility index (Phi) is 4.59. The maximum Gasteiger partial charge on any atom is 0.151 e. The van der Waals surface area contributed by atoms with E-state index in [1.165, 1.54) is 0 Å². The molecule has 0 saturated heterocycles. The molecule has 0 saturated carbocycles. The van der Waals surface area contributed by atoms with E-state index < -0.39 is 0 Å². The molecule has 2 aromatic carbocycles. The third kappa shape index (κ3) is 3.53. The smallest absolute Gasteiger partial charge is 0.151 e. The number of hydrogen-bond donors (Lipinski definition) is 3. The van der Waals surface area contributed by atoms with Crippen LogP contribution in [-0.2, 0) is 0 Å². The molecule has 3 heterocycles. The van der Waals surface area contributed by atoms with Crippen molar-refractivity contribution in [2.24, 2.45) is 0 Å². The first-order valence-electron chi connectivity index (χ1n) is 9.23. The van der Waals surface area contributed by atoms with E-state index in [-0.39, 0.29) is 6.61 Å². The summed E-state index contributed by atoms with van der Waals surface area (Å²) in [7, 11) is 0. The van der Waals surface area contributed by atoms with E-state index in [1.54, 1.807) is 17.7 Å². The summed E-state index contributed by atoms with van der Waals surface area (Å²) in [5.74, 6) is 1.54. The fourth-order valence-corrected chi connectivity index (χ4v) is 4.29. The van der Waals surface area contributed by atoms with Crippen LogP contribution in [0.15, 0.2) is 67.1 Å². The molecule has 0 aliphatic heterocycles. The normalized spacial score (nSPS) is 11.2. The third-order valence-corrected chi connectivity index (χ3v) is 5.81. The molecule has 144 valence electrons. The van der Waals surface area contributed by atoms with Crippen molar-refractivity contribution in [3.8, 4) is 16.2 Å². The van der Waals surface area contributed by atoms with Gasteiger partial charge in [-0.15, -0.1) is 11.3 Å². The second kappa shape index (κ2) is 7.54. The minimum atomic E-state index is 0.00350. The number of aromatic nitrogens is 3. The summed E-state index contributed by atoms with van der Waals surface area (Å²) in [5, 5.41) is 13.4. The number of anilines is 2. The highest BCUT2D eigenvalue weighted by Crippen LogP contribution is 2.37. The van der Waals surface area contributed by atoms with Gasteiger partial charge in [-0.1, -0.05) is 0 Å². The molecule has 0 amide bonds. The number of aromatic amines is 1. The predicted octanol–water partition coefficient (Wildman–Crippen LogP) is 4.95. The summed E-state index contributed by atoms with van der Waals surface area (Å²) >= 11 is 1.65. The minimum absolute atomic E-state index is 0.00350. The molecule has 0 spiro atoms. The van der Waals surface area contributed by atoms with Gasteiger partial charge in [-0.3, -0.25) is 0 Å². The zero-order valence-electron chi connectivity index (χ0n) is 15.4. The van der Waals surface area contributed by atoms with E-state index >= 15 is 0 Å². The lowest BCUT2D eigenvalue weighted by Gasteiger charge is -2.06. The topological polar surface area (TPSA) is 83.1 Å². The molecule has 0 radical (unpaired) electrons. The predicted molar refractivity (Wildman–Crippen MR) is 117 cm³/mol. The standard InChI is InChI=1S/C22H18N4O2S/c27-9-10-28-17-4-1-14(2-5-17)20-12-19-21(29-20)22(25-13-24-19)26-16-3-6-18-15(11-16)7-8-23-18/h1-8,11-13,23,27H,9-10H2,(H,24,25,26). The van der Waals surface area contributed by atoms with Gasteiger partial charge in [-0.2, -0.15) is 0 Å². The maximum absolute atomic E-state index is 8.87. The van der Waals surface area contributed by atoms with E-state index in [1.807, 2.05) is 42.6 Å². The first kappa shape index (κ1) is 17.7. The highest BCUT2D eigenvalue weighted by atomic mass is 32.1. The van der Waals surface area contributed by atoms with Gasteiger partial charge in [-0.05, 0) is 60.2 Å². The molecule has 0 aliphatic rings. The van der Waals surface area contributed by atoms with Crippen LogP contribution in [0.2, 0.25) is 0 Å². The van der Waals surface area contributed by atoms with Crippen LogP contribution < -0.4 is 10.1 Å². The van der Waals surface area contributed by atoms with Crippen molar-refractivity contribution in [1.29, 1.82) is 0 Å². The Labute approximate surface area is 170 Å². The van der Waals surface area contributed by atoms with Crippen molar-refractivity contribution in [1.82, 2.24) is 15.0 Å². The second-order valence-corrected chi connectivity index (χ2v) is 7.60. The van der Waals surface area contributed by atoms with E-state index in [0.29, 0.717) is 6.61 Å². The number of thiophene rings is 1. The number of H-pyrrole nitrogens is 1. The Morgan fingerprint density at radius 2 is 1.93 bits per heavy atom. The van der Waals surface area contributed by atoms with Crippen molar-refractivity contribution in [3.63, 3.8) is 0 Å². The Morgan fingerprint density at radius 3 is 2.79 bits per heavy atom. The summed E-state index contributed by atoms with van der Waals surface area (Å²) in [6, 6.07) is 18.1. The number of fused-ring (bicyclic) bond motifs is 2. The first-order valence-corrected chi connectivity index (χ1v) is 10.0. The molecule has 0 unspecified atom stereocenters. The van der Waals surface area contributed by atoms with Gasteiger partial charge in [0.2, 0.25) is 0 Å². The Hall–Kier alpha value is -3.42. The van der Waals surface area contributed by atoms with Crippen LogP contribution in [0.1, 0.15) is 0 Å². The molecule has 6 nitrogen and oxygen atoms in total.